The molecule has 118 valence electrons. The number of nitrogens with zero attached hydrogens (tertiary/aromatic N) is 2. The molecule has 2 aromatic carbocycles. The highest BCUT2D eigenvalue weighted by atomic mass is 35.5. The first-order valence-electron chi connectivity index (χ1n) is 6.66. The molecule has 0 radical (unpaired) electrons. The van der Waals surface area contributed by atoms with E-state index < -0.39 is 16.6 Å². The van der Waals surface area contributed by atoms with E-state index in [4.69, 9.17) is 16.3 Å². The van der Waals surface area contributed by atoms with Crippen molar-refractivity contribution in [3.8, 4) is 5.75 Å². The zero-order valence-electron chi connectivity index (χ0n) is 11.7. The molecule has 0 aromatic heterocycles. The topological polar surface area (TPSA) is 72.7 Å². The average molecular weight is 337 g/mol. The maximum Gasteiger partial charge on any atom is 0.271 e. The highest BCUT2D eigenvalue weighted by molar-refractivity contribution is 6.34. The third kappa shape index (κ3) is 2.70. The van der Waals surface area contributed by atoms with Crippen LogP contribution >= 0.6 is 11.6 Å². The van der Waals surface area contributed by atoms with Crippen LogP contribution in [-0.4, -0.2) is 24.0 Å². The number of carbonyl (C=O) groups is 1. The fraction of sp³-hybridized carbons (Fsp3) is 0.133. The molecule has 1 aliphatic rings. The van der Waals surface area contributed by atoms with Gasteiger partial charge in [-0.2, -0.15) is 0 Å². The van der Waals surface area contributed by atoms with E-state index in [-0.39, 0.29) is 35.1 Å². The zero-order valence-corrected chi connectivity index (χ0v) is 12.4. The number of carbonyl (C=O) groups excluding carboxylic acids is 1. The predicted molar refractivity (Wildman–Crippen MR) is 81.7 cm³/mol. The molecule has 0 unspecified atom stereocenters. The summed E-state index contributed by atoms with van der Waals surface area (Å²) in [5.41, 5.74) is -0.241. The van der Waals surface area contributed by atoms with Gasteiger partial charge in [0.15, 0.2) is 0 Å². The predicted octanol–water partition coefficient (Wildman–Crippen LogP) is 3.43. The van der Waals surface area contributed by atoms with Crippen molar-refractivity contribution in [2.45, 2.75) is 0 Å². The summed E-state index contributed by atoms with van der Waals surface area (Å²) in [6, 6.07) is 7.85. The number of fused-ring (bicyclic) bond motifs is 1. The van der Waals surface area contributed by atoms with Crippen molar-refractivity contribution in [1.82, 2.24) is 0 Å². The number of halogens is 2. The molecule has 0 N–H and O–H groups in total. The Hall–Kier alpha value is -2.67. The van der Waals surface area contributed by atoms with Gasteiger partial charge in [0.25, 0.3) is 11.6 Å². The van der Waals surface area contributed by atoms with E-state index in [1.807, 2.05) is 0 Å². The molecule has 0 bridgehead atoms. The van der Waals surface area contributed by atoms with Gasteiger partial charge in [-0.05, 0) is 18.2 Å². The van der Waals surface area contributed by atoms with Gasteiger partial charge in [0.1, 0.15) is 18.2 Å². The first kappa shape index (κ1) is 15.2. The summed E-state index contributed by atoms with van der Waals surface area (Å²) in [7, 11) is 0. The Kier molecular flexibility index (Phi) is 3.87. The second kappa shape index (κ2) is 5.85. The van der Waals surface area contributed by atoms with Crippen LogP contribution in [0.3, 0.4) is 0 Å². The Balaban J connectivity index is 2.07. The van der Waals surface area contributed by atoms with Crippen molar-refractivity contribution >= 4 is 28.9 Å². The summed E-state index contributed by atoms with van der Waals surface area (Å²) in [6.45, 7) is 0.334. The standard InChI is InChI=1S/C15H10ClFN2O4/c16-10-2-1-3-11(17)14(10)15(20)18-6-7-23-13-5-4-9(19(21)22)8-12(13)18/h1-5,8H,6-7H2. The van der Waals surface area contributed by atoms with E-state index in [1.165, 1.54) is 35.2 Å². The molecule has 3 rings (SSSR count). The van der Waals surface area contributed by atoms with Gasteiger partial charge in [0.2, 0.25) is 0 Å². The normalized spacial score (nSPS) is 13.2. The lowest BCUT2D eigenvalue weighted by Gasteiger charge is -2.29. The van der Waals surface area contributed by atoms with Crippen LogP contribution in [0.1, 0.15) is 10.4 Å². The molecule has 1 heterocycles. The van der Waals surface area contributed by atoms with Crippen LogP contribution < -0.4 is 9.64 Å². The van der Waals surface area contributed by atoms with E-state index in [2.05, 4.69) is 0 Å². The van der Waals surface area contributed by atoms with Crippen molar-refractivity contribution in [2.24, 2.45) is 0 Å². The SMILES string of the molecule is O=C(c1c(F)cccc1Cl)N1CCOc2ccc([N+](=O)[O-])cc21. The second-order valence-corrected chi connectivity index (χ2v) is 5.22. The summed E-state index contributed by atoms with van der Waals surface area (Å²) in [6.07, 6.45) is 0. The minimum absolute atomic E-state index is 0.0199. The van der Waals surface area contributed by atoms with Gasteiger partial charge < -0.3 is 9.64 Å². The quantitative estimate of drug-likeness (QED) is 0.622. The Labute approximate surface area is 135 Å². The first-order valence-corrected chi connectivity index (χ1v) is 7.04. The van der Waals surface area contributed by atoms with Gasteiger partial charge in [-0.3, -0.25) is 14.9 Å². The minimum Gasteiger partial charge on any atom is -0.490 e. The summed E-state index contributed by atoms with van der Waals surface area (Å²) in [4.78, 5) is 24.2. The van der Waals surface area contributed by atoms with Crippen LogP contribution in [0.4, 0.5) is 15.8 Å². The maximum absolute atomic E-state index is 14.0. The monoisotopic (exact) mass is 336 g/mol. The number of nitro groups is 1. The highest BCUT2D eigenvalue weighted by Gasteiger charge is 2.29. The Morgan fingerprint density at radius 3 is 2.83 bits per heavy atom. The Bertz CT molecular complexity index is 792. The number of non-ortho nitro benzene ring substituents is 1. The molecule has 0 atom stereocenters. The van der Waals surface area contributed by atoms with Crippen LogP contribution in [0, 0.1) is 15.9 Å². The molecular formula is C15H10ClFN2O4. The number of hydrogen-bond donors (Lipinski definition) is 0. The number of nitro benzene ring substituents is 1. The molecule has 2 aromatic rings. The second-order valence-electron chi connectivity index (χ2n) is 4.81. The van der Waals surface area contributed by atoms with Gasteiger partial charge in [0.05, 0.1) is 27.7 Å². The molecule has 8 heteroatoms. The van der Waals surface area contributed by atoms with E-state index in [0.29, 0.717) is 5.75 Å². The summed E-state index contributed by atoms with van der Waals surface area (Å²) >= 11 is 5.93. The van der Waals surface area contributed by atoms with Gasteiger partial charge in [0, 0.05) is 12.1 Å². The molecular weight excluding hydrogens is 327 g/mol. The summed E-state index contributed by atoms with van der Waals surface area (Å²) in [5.74, 6) is -1.10. The van der Waals surface area contributed by atoms with Crippen LogP contribution in [0.2, 0.25) is 5.02 Å². The summed E-state index contributed by atoms with van der Waals surface area (Å²) in [5, 5.41) is 10.9. The molecule has 0 fully saturated rings. The number of benzene rings is 2. The molecule has 1 amide bonds. The van der Waals surface area contributed by atoms with Crippen LogP contribution in [-0.2, 0) is 0 Å². The van der Waals surface area contributed by atoms with Crippen molar-refractivity contribution in [2.75, 3.05) is 18.1 Å². The number of ether oxygens (including phenoxy) is 1. The van der Waals surface area contributed by atoms with Crippen molar-refractivity contribution in [3.05, 3.63) is 62.9 Å². The first-order chi connectivity index (χ1) is 11.0. The van der Waals surface area contributed by atoms with E-state index in [9.17, 15) is 19.3 Å². The smallest absolute Gasteiger partial charge is 0.271 e. The van der Waals surface area contributed by atoms with E-state index in [0.717, 1.165) is 6.07 Å². The van der Waals surface area contributed by atoms with Crippen LogP contribution in [0.5, 0.6) is 5.75 Å². The molecule has 0 aliphatic carbocycles. The third-order valence-corrected chi connectivity index (χ3v) is 3.75. The van der Waals surface area contributed by atoms with E-state index >= 15 is 0 Å². The largest absolute Gasteiger partial charge is 0.490 e. The summed E-state index contributed by atoms with van der Waals surface area (Å²) < 4.78 is 19.4. The fourth-order valence-corrected chi connectivity index (χ4v) is 2.61. The highest BCUT2D eigenvalue weighted by Crippen LogP contribution is 2.36. The number of anilines is 1. The maximum atomic E-state index is 14.0. The van der Waals surface area contributed by atoms with Crippen LogP contribution in [0.15, 0.2) is 36.4 Å². The molecule has 6 nitrogen and oxygen atoms in total. The average Bonchev–Trinajstić information content (AvgIpc) is 2.53. The fourth-order valence-electron chi connectivity index (χ4n) is 2.37. The Morgan fingerprint density at radius 2 is 2.13 bits per heavy atom. The van der Waals surface area contributed by atoms with Crippen molar-refractivity contribution < 1.29 is 18.8 Å². The molecule has 0 spiro atoms. The minimum atomic E-state index is -0.749. The van der Waals surface area contributed by atoms with E-state index in [1.54, 1.807) is 0 Å². The van der Waals surface area contributed by atoms with Gasteiger partial charge in [-0.1, -0.05) is 17.7 Å². The lowest BCUT2D eigenvalue weighted by Crippen LogP contribution is -2.38. The number of rotatable bonds is 2. The number of hydrogen-bond acceptors (Lipinski definition) is 4. The van der Waals surface area contributed by atoms with Gasteiger partial charge in [-0.15, -0.1) is 0 Å². The molecule has 0 saturated heterocycles. The lowest BCUT2D eigenvalue weighted by molar-refractivity contribution is -0.384. The lowest BCUT2D eigenvalue weighted by atomic mass is 10.1. The molecule has 23 heavy (non-hydrogen) atoms. The Morgan fingerprint density at radius 1 is 1.35 bits per heavy atom. The van der Waals surface area contributed by atoms with Crippen molar-refractivity contribution in [3.63, 3.8) is 0 Å². The number of amides is 1. The third-order valence-electron chi connectivity index (χ3n) is 3.44. The van der Waals surface area contributed by atoms with Crippen LogP contribution in [0.25, 0.3) is 0 Å². The van der Waals surface area contributed by atoms with Gasteiger partial charge >= 0.3 is 0 Å². The molecule has 1 aliphatic heterocycles. The van der Waals surface area contributed by atoms with Crippen molar-refractivity contribution in [1.29, 1.82) is 0 Å². The van der Waals surface area contributed by atoms with Gasteiger partial charge in [-0.25, -0.2) is 4.39 Å². The zero-order chi connectivity index (χ0) is 16.6. The molecule has 0 saturated carbocycles.